The largest absolute Gasteiger partial charge is 0.480 e. The summed E-state index contributed by atoms with van der Waals surface area (Å²) < 4.78 is 0. The molecule has 1 aromatic rings. The first kappa shape index (κ1) is 25.6. The van der Waals surface area contributed by atoms with E-state index in [0.717, 1.165) is 11.6 Å². The highest BCUT2D eigenvalue weighted by Gasteiger charge is 2.35. The van der Waals surface area contributed by atoms with Gasteiger partial charge in [0.25, 0.3) is 0 Å². The molecule has 0 saturated carbocycles. The van der Waals surface area contributed by atoms with E-state index in [1.807, 2.05) is 6.07 Å². The van der Waals surface area contributed by atoms with Crippen molar-refractivity contribution in [2.45, 2.75) is 50.2 Å². The summed E-state index contributed by atoms with van der Waals surface area (Å²) in [5.74, 6) is -3.17. The number of hydrogen-bond acceptors (Lipinski definition) is 5. The predicted octanol–water partition coefficient (Wildman–Crippen LogP) is -0.0135. The second-order valence-electron chi connectivity index (χ2n) is 7.76. The Balaban J connectivity index is 2.16. The maximum absolute atomic E-state index is 13.0. The van der Waals surface area contributed by atoms with E-state index >= 15 is 0 Å². The number of hydrogen-bond donors (Lipinski definition) is 4. The monoisotopic (exact) mass is 458 g/mol. The molecule has 4 amide bonds. The fourth-order valence-electron chi connectivity index (χ4n) is 3.68. The maximum Gasteiger partial charge on any atom is 0.326 e. The predicted molar refractivity (Wildman–Crippen MR) is 120 cm³/mol. The van der Waals surface area contributed by atoms with E-state index in [0.29, 0.717) is 19.4 Å². The molecule has 1 aliphatic rings. The van der Waals surface area contributed by atoms with Crippen molar-refractivity contribution >= 4 is 29.6 Å². The molecule has 10 heteroatoms. The molecular weight excluding hydrogens is 428 g/mol. The van der Waals surface area contributed by atoms with Crippen molar-refractivity contribution in [2.24, 2.45) is 0 Å². The number of carbonyl (C=O) groups excluding carboxylic acids is 4. The molecule has 0 aliphatic carbocycles. The first-order valence-corrected chi connectivity index (χ1v) is 10.8. The average Bonchev–Trinajstić information content (AvgIpc) is 3.31. The molecule has 1 aromatic carbocycles. The highest BCUT2D eigenvalue weighted by Crippen LogP contribution is 2.18. The molecule has 0 spiro atoms. The molecule has 178 valence electrons. The number of likely N-dealkylation sites (tertiary alicyclic amines) is 1. The zero-order valence-electron chi connectivity index (χ0n) is 18.6. The van der Waals surface area contributed by atoms with Crippen LogP contribution in [0, 0.1) is 0 Å². The Morgan fingerprint density at radius 3 is 2.45 bits per heavy atom. The van der Waals surface area contributed by atoms with Crippen LogP contribution in [0.4, 0.5) is 0 Å². The Kier molecular flexibility index (Phi) is 9.59. The van der Waals surface area contributed by atoms with Gasteiger partial charge in [-0.3, -0.25) is 19.2 Å². The van der Waals surface area contributed by atoms with Crippen LogP contribution < -0.4 is 16.0 Å². The lowest BCUT2D eigenvalue weighted by Gasteiger charge is -2.26. The minimum absolute atomic E-state index is 0.0792. The number of nitrogens with zero attached hydrogens (tertiary/aromatic N) is 1. The molecule has 33 heavy (non-hydrogen) atoms. The van der Waals surface area contributed by atoms with Crippen LogP contribution in [0.15, 0.2) is 43.0 Å². The summed E-state index contributed by atoms with van der Waals surface area (Å²) in [7, 11) is 1.44. The van der Waals surface area contributed by atoms with Crippen molar-refractivity contribution in [2.75, 3.05) is 13.6 Å². The summed E-state index contributed by atoms with van der Waals surface area (Å²) in [5, 5.41) is 17.0. The SMILES string of the molecule is C=CC(=O)N1CCC[C@H]1C(=O)N[C@@H](Cc1ccccc1)C(=O)NC(CCC(=O)NC)C(=O)O. The van der Waals surface area contributed by atoms with Crippen LogP contribution in [0.25, 0.3) is 0 Å². The van der Waals surface area contributed by atoms with E-state index in [2.05, 4.69) is 22.5 Å². The summed E-state index contributed by atoms with van der Waals surface area (Å²) in [6, 6.07) is 5.87. The summed E-state index contributed by atoms with van der Waals surface area (Å²) in [4.78, 5) is 62.5. The summed E-state index contributed by atoms with van der Waals surface area (Å²) >= 11 is 0. The van der Waals surface area contributed by atoms with Crippen LogP contribution >= 0.6 is 0 Å². The Morgan fingerprint density at radius 2 is 1.85 bits per heavy atom. The molecule has 1 unspecified atom stereocenters. The van der Waals surface area contributed by atoms with Gasteiger partial charge in [-0.05, 0) is 30.9 Å². The van der Waals surface area contributed by atoms with Crippen molar-refractivity contribution in [3.05, 3.63) is 48.6 Å². The molecule has 3 atom stereocenters. The number of benzene rings is 1. The van der Waals surface area contributed by atoms with Crippen LogP contribution in [-0.4, -0.2) is 71.3 Å². The lowest BCUT2D eigenvalue weighted by Crippen LogP contribution is -2.56. The molecule has 4 N–H and O–H groups in total. The molecule has 1 heterocycles. The highest BCUT2D eigenvalue weighted by atomic mass is 16.4. The summed E-state index contributed by atoms with van der Waals surface area (Å²) in [6.07, 6.45) is 2.19. The van der Waals surface area contributed by atoms with Gasteiger partial charge in [-0.1, -0.05) is 36.9 Å². The molecule has 1 aliphatic heterocycles. The zero-order valence-corrected chi connectivity index (χ0v) is 18.6. The Morgan fingerprint density at radius 1 is 1.15 bits per heavy atom. The van der Waals surface area contributed by atoms with Crippen molar-refractivity contribution in [1.82, 2.24) is 20.9 Å². The van der Waals surface area contributed by atoms with Crippen LogP contribution in [0.2, 0.25) is 0 Å². The number of amides is 4. The molecule has 1 saturated heterocycles. The van der Waals surface area contributed by atoms with Gasteiger partial charge < -0.3 is 26.0 Å². The molecule has 2 rings (SSSR count). The second-order valence-corrected chi connectivity index (χ2v) is 7.76. The molecule has 0 bridgehead atoms. The van der Waals surface area contributed by atoms with Gasteiger partial charge in [0.05, 0.1) is 0 Å². The molecule has 1 fully saturated rings. The van der Waals surface area contributed by atoms with Gasteiger partial charge in [0.15, 0.2) is 0 Å². The lowest BCUT2D eigenvalue weighted by atomic mass is 10.0. The van der Waals surface area contributed by atoms with Gasteiger partial charge in [-0.25, -0.2) is 4.79 Å². The van der Waals surface area contributed by atoms with Gasteiger partial charge >= 0.3 is 5.97 Å². The van der Waals surface area contributed by atoms with E-state index in [-0.39, 0.29) is 31.1 Å². The van der Waals surface area contributed by atoms with E-state index in [4.69, 9.17) is 0 Å². The average molecular weight is 459 g/mol. The number of nitrogens with one attached hydrogen (secondary N) is 3. The van der Waals surface area contributed by atoms with Crippen LogP contribution in [0.5, 0.6) is 0 Å². The third-order valence-corrected chi connectivity index (χ3v) is 5.48. The van der Waals surface area contributed by atoms with Crippen molar-refractivity contribution < 1.29 is 29.1 Å². The summed E-state index contributed by atoms with van der Waals surface area (Å²) in [5.41, 5.74) is 0.764. The van der Waals surface area contributed by atoms with Gasteiger partial charge in [0.2, 0.25) is 23.6 Å². The van der Waals surface area contributed by atoms with Gasteiger partial charge in [0.1, 0.15) is 18.1 Å². The fourth-order valence-corrected chi connectivity index (χ4v) is 3.68. The second kappa shape index (κ2) is 12.4. The van der Waals surface area contributed by atoms with Crippen LogP contribution in [0.1, 0.15) is 31.2 Å². The van der Waals surface area contributed by atoms with Crippen LogP contribution in [0.3, 0.4) is 0 Å². The fraction of sp³-hybridized carbons (Fsp3) is 0.435. The normalized spacial score (nSPS) is 16.9. The van der Waals surface area contributed by atoms with Gasteiger partial charge in [-0.2, -0.15) is 0 Å². The Hall–Kier alpha value is -3.69. The van der Waals surface area contributed by atoms with E-state index in [1.165, 1.54) is 11.9 Å². The van der Waals surface area contributed by atoms with Crippen molar-refractivity contribution in [1.29, 1.82) is 0 Å². The van der Waals surface area contributed by atoms with E-state index in [1.54, 1.807) is 24.3 Å². The topological polar surface area (TPSA) is 145 Å². The number of carboxylic acids is 1. The lowest BCUT2D eigenvalue weighted by molar-refractivity contribution is -0.143. The standard InChI is InChI=1S/C23H30N4O6/c1-3-20(29)27-13-7-10-18(27)22(31)26-17(14-15-8-5-4-6-9-15)21(30)25-16(23(32)33)11-12-19(28)24-2/h3-6,8-9,16-18H,1,7,10-14H2,2H3,(H,24,28)(H,25,30)(H,26,31)(H,32,33)/t16?,17-,18-/m0/s1. The number of aliphatic carboxylic acids is 1. The van der Waals surface area contributed by atoms with Gasteiger partial charge in [-0.15, -0.1) is 0 Å². The quantitative estimate of drug-likeness (QED) is 0.343. The van der Waals surface area contributed by atoms with Gasteiger partial charge in [0, 0.05) is 26.4 Å². The third-order valence-electron chi connectivity index (χ3n) is 5.48. The minimum Gasteiger partial charge on any atom is -0.480 e. The van der Waals surface area contributed by atoms with E-state index in [9.17, 15) is 29.1 Å². The molecule has 0 aromatic heterocycles. The Labute approximate surface area is 192 Å². The number of carboxylic acid groups (broad SMARTS) is 1. The summed E-state index contributed by atoms with van der Waals surface area (Å²) in [6.45, 7) is 3.87. The van der Waals surface area contributed by atoms with Crippen LogP contribution in [-0.2, 0) is 30.4 Å². The first-order chi connectivity index (χ1) is 15.8. The molecular formula is C23H30N4O6. The third kappa shape index (κ3) is 7.44. The highest BCUT2D eigenvalue weighted by molar-refractivity contribution is 5.95. The minimum atomic E-state index is -1.30. The number of carbonyl (C=O) groups is 5. The smallest absolute Gasteiger partial charge is 0.326 e. The number of rotatable bonds is 11. The maximum atomic E-state index is 13.0. The molecule has 0 radical (unpaired) electrons. The van der Waals surface area contributed by atoms with Crippen molar-refractivity contribution in [3.8, 4) is 0 Å². The zero-order chi connectivity index (χ0) is 24.4. The molecule has 10 nitrogen and oxygen atoms in total. The first-order valence-electron chi connectivity index (χ1n) is 10.8. The Bertz CT molecular complexity index is 888. The van der Waals surface area contributed by atoms with E-state index < -0.39 is 35.9 Å². The van der Waals surface area contributed by atoms with Crippen molar-refractivity contribution in [3.63, 3.8) is 0 Å².